The molecule has 0 saturated carbocycles. The van der Waals surface area contributed by atoms with Gasteiger partial charge < -0.3 is 29.6 Å². The molecule has 9 heteroatoms. The van der Waals surface area contributed by atoms with Crippen molar-refractivity contribution >= 4 is 29.3 Å². The molecule has 2 amide bonds. The van der Waals surface area contributed by atoms with Crippen molar-refractivity contribution in [1.82, 2.24) is 9.88 Å². The van der Waals surface area contributed by atoms with Crippen molar-refractivity contribution in [2.24, 2.45) is 5.92 Å². The van der Waals surface area contributed by atoms with E-state index in [1.54, 1.807) is 50.6 Å². The molecule has 2 aromatic carbocycles. The van der Waals surface area contributed by atoms with Gasteiger partial charge in [-0.05, 0) is 67.3 Å². The lowest BCUT2D eigenvalue weighted by Gasteiger charge is -2.44. The minimum absolute atomic E-state index is 0.0427. The first-order valence-electron chi connectivity index (χ1n) is 13.5. The molecule has 5 rings (SSSR count). The summed E-state index contributed by atoms with van der Waals surface area (Å²) in [4.78, 5) is 40.4. The number of pyridine rings is 1. The van der Waals surface area contributed by atoms with Gasteiger partial charge in [-0.25, -0.2) is 0 Å². The van der Waals surface area contributed by atoms with Crippen LogP contribution in [0.2, 0.25) is 0 Å². The van der Waals surface area contributed by atoms with Gasteiger partial charge >= 0.3 is 0 Å². The van der Waals surface area contributed by atoms with Crippen molar-refractivity contribution < 1.29 is 19.1 Å². The quantitative estimate of drug-likeness (QED) is 0.419. The lowest BCUT2D eigenvalue weighted by molar-refractivity contribution is -0.111. The van der Waals surface area contributed by atoms with Gasteiger partial charge in [0.1, 0.15) is 0 Å². The van der Waals surface area contributed by atoms with Gasteiger partial charge in [-0.1, -0.05) is 12.1 Å². The maximum absolute atomic E-state index is 13.1. The smallest absolute Gasteiger partial charge is 0.251 e. The highest BCUT2D eigenvalue weighted by Gasteiger charge is 2.35. The number of anilines is 2. The Kier molecular flexibility index (Phi) is 7.91. The largest absolute Gasteiger partial charge is 0.493 e. The summed E-state index contributed by atoms with van der Waals surface area (Å²) in [7, 11) is 3.13. The van der Waals surface area contributed by atoms with Crippen LogP contribution in [0, 0.1) is 5.92 Å². The van der Waals surface area contributed by atoms with Gasteiger partial charge in [0.05, 0.1) is 25.6 Å². The van der Waals surface area contributed by atoms with E-state index in [1.165, 1.54) is 6.08 Å². The fourth-order valence-electron chi connectivity index (χ4n) is 5.71. The van der Waals surface area contributed by atoms with E-state index in [1.807, 2.05) is 35.8 Å². The molecule has 0 radical (unpaired) electrons. The van der Waals surface area contributed by atoms with Crippen molar-refractivity contribution in [2.45, 2.75) is 25.8 Å². The number of benzene rings is 2. The SMILES string of the molecule is CCNC(=O)c1ccc(N2C[C@H]3C[C@@H](C2)c2cccc(=O)n2C3)c(NC(=O)/C=C/c2ccc(OC)c(OC)c2)c1. The second kappa shape index (κ2) is 11.7. The minimum Gasteiger partial charge on any atom is -0.493 e. The minimum atomic E-state index is -0.321. The maximum atomic E-state index is 13.1. The number of piperidine rings is 1. The van der Waals surface area contributed by atoms with E-state index in [0.717, 1.165) is 29.9 Å². The highest BCUT2D eigenvalue weighted by molar-refractivity contribution is 6.05. The van der Waals surface area contributed by atoms with Crippen molar-refractivity contribution in [1.29, 1.82) is 0 Å². The van der Waals surface area contributed by atoms with Gasteiger partial charge in [0.2, 0.25) is 5.91 Å². The standard InChI is InChI=1S/C31H34N4O5/c1-4-32-31(38)22-10-11-26(34-17-21-14-23(19-34)25-6-5-7-30(37)35(25)18-21)24(16-22)33-29(36)13-9-20-8-12-27(39-2)28(15-20)40-3/h5-13,15-16,21,23H,4,14,17-19H2,1-3H3,(H,32,38)(H,33,36)/b13-9+/t21-,23+/m1/s1. The first kappa shape index (κ1) is 27.1. The van der Waals surface area contributed by atoms with E-state index in [-0.39, 0.29) is 23.3 Å². The van der Waals surface area contributed by atoms with Crippen LogP contribution in [0.5, 0.6) is 11.5 Å². The number of aromatic nitrogens is 1. The Morgan fingerprint density at radius 1 is 1.00 bits per heavy atom. The van der Waals surface area contributed by atoms with Crippen molar-refractivity contribution in [3.63, 3.8) is 0 Å². The van der Waals surface area contributed by atoms with E-state index >= 15 is 0 Å². The number of ether oxygens (including phenoxy) is 2. The maximum Gasteiger partial charge on any atom is 0.251 e. The first-order chi connectivity index (χ1) is 19.4. The number of amides is 2. The molecule has 3 heterocycles. The summed E-state index contributed by atoms with van der Waals surface area (Å²) in [5, 5.41) is 5.83. The summed E-state index contributed by atoms with van der Waals surface area (Å²) >= 11 is 0. The molecule has 2 aliphatic heterocycles. The number of methoxy groups -OCH3 is 2. The van der Waals surface area contributed by atoms with E-state index in [2.05, 4.69) is 15.5 Å². The Bertz CT molecular complexity index is 1510. The molecule has 2 aliphatic rings. The topological polar surface area (TPSA) is 102 Å². The van der Waals surface area contributed by atoms with Crippen LogP contribution in [0.25, 0.3) is 6.08 Å². The Hall–Kier alpha value is -4.53. The summed E-state index contributed by atoms with van der Waals surface area (Å²) in [6.45, 7) is 4.51. The van der Waals surface area contributed by atoms with Gasteiger partial charge in [0.15, 0.2) is 11.5 Å². The summed E-state index contributed by atoms with van der Waals surface area (Å²) in [6.07, 6.45) is 4.18. The number of rotatable bonds is 8. The van der Waals surface area contributed by atoms with Gasteiger partial charge in [-0.2, -0.15) is 0 Å². The highest BCUT2D eigenvalue weighted by atomic mass is 16.5. The number of carbonyl (C=O) groups is 2. The van der Waals surface area contributed by atoms with Gasteiger partial charge in [-0.3, -0.25) is 14.4 Å². The van der Waals surface area contributed by atoms with Crippen molar-refractivity contribution in [2.75, 3.05) is 44.1 Å². The van der Waals surface area contributed by atoms with E-state index < -0.39 is 0 Å². The first-order valence-corrected chi connectivity index (χ1v) is 13.5. The lowest BCUT2D eigenvalue weighted by atomic mass is 9.83. The molecule has 1 fully saturated rings. The summed E-state index contributed by atoms with van der Waals surface area (Å²) < 4.78 is 12.5. The van der Waals surface area contributed by atoms with Crippen LogP contribution in [0.3, 0.4) is 0 Å². The Balaban J connectivity index is 1.41. The third kappa shape index (κ3) is 5.59. The zero-order valence-corrected chi connectivity index (χ0v) is 23.0. The van der Waals surface area contributed by atoms with E-state index in [0.29, 0.717) is 48.3 Å². The molecule has 2 N–H and O–H groups in total. The molecule has 1 saturated heterocycles. The van der Waals surface area contributed by atoms with E-state index in [4.69, 9.17) is 9.47 Å². The van der Waals surface area contributed by atoms with E-state index in [9.17, 15) is 14.4 Å². The molecular formula is C31H34N4O5. The second-order valence-corrected chi connectivity index (χ2v) is 10.1. The Morgan fingerprint density at radius 3 is 2.60 bits per heavy atom. The Morgan fingerprint density at radius 2 is 1.82 bits per heavy atom. The Labute approximate surface area is 233 Å². The van der Waals surface area contributed by atoms with Gasteiger partial charge in [-0.15, -0.1) is 0 Å². The molecule has 2 atom stereocenters. The molecular weight excluding hydrogens is 508 g/mol. The molecule has 0 spiro atoms. The lowest BCUT2D eigenvalue weighted by Crippen LogP contribution is -2.47. The summed E-state index contributed by atoms with van der Waals surface area (Å²) in [5.41, 5.74) is 3.76. The van der Waals surface area contributed by atoms with Crippen LogP contribution >= 0.6 is 0 Å². The molecule has 3 aromatic rings. The fourth-order valence-corrected chi connectivity index (χ4v) is 5.71. The molecule has 0 aliphatic carbocycles. The molecule has 208 valence electrons. The molecule has 2 bridgehead atoms. The van der Waals surface area contributed by atoms with Crippen LogP contribution in [-0.2, 0) is 11.3 Å². The molecule has 40 heavy (non-hydrogen) atoms. The summed E-state index contributed by atoms with van der Waals surface area (Å²) in [5.74, 6) is 1.17. The third-order valence-electron chi connectivity index (χ3n) is 7.51. The second-order valence-electron chi connectivity index (χ2n) is 10.1. The average molecular weight is 543 g/mol. The van der Waals surface area contributed by atoms with Crippen LogP contribution in [0.15, 0.2) is 65.5 Å². The van der Waals surface area contributed by atoms with Crippen molar-refractivity contribution in [3.05, 3.63) is 87.8 Å². The van der Waals surface area contributed by atoms with Gasteiger partial charge in [0.25, 0.3) is 11.5 Å². The monoisotopic (exact) mass is 542 g/mol. The van der Waals surface area contributed by atoms with Crippen LogP contribution in [0.4, 0.5) is 11.4 Å². The fraction of sp³-hybridized carbons (Fsp3) is 0.323. The molecule has 9 nitrogen and oxygen atoms in total. The van der Waals surface area contributed by atoms with Crippen LogP contribution < -0.4 is 30.6 Å². The van der Waals surface area contributed by atoms with Crippen molar-refractivity contribution in [3.8, 4) is 11.5 Å². The highest BCUT2D eigenvalue weighted by Crippen LogP contribution is 2.39. The third-order valence-corrected chi connectivity index (χ3v) is 7.51. The van der Waals surface area contributed by atoms with Gasteiger partial charge in [0, 0.05) is 55.5 Å². The normalized spacial score (nSPS) is 17.7. The predicted octanol–water partition coefficient (Wildman–Crippen LogP) is 3.89. The summed E-state index contributed by atoms with van der Waals surface area (Å²) in [6, 6.07) is 16.3. The average Bonchev–Trinajstić information content (AvgIpc) is 2.96. The number of hydrogen-bond acceptors (Lipinski definition) is 6. The zero-order valence-electron chi connectivity index (χ0n) is 23.0. The predicted molar refractivity (Wildman–Crippen MR) is 155 cm³/mol. The molecule has 0 unspecified atom stereocenters. The molecule has 1 aromatic heterocycles. The number of hydrogen-bond donors (Lipinski definition) is 2. The number of nitrogens with one attached hydrogen (secondary N) is 2. The number of fused-ring (bicyclic) bond motifs is 4. The number of carbonyl (C=O) groups excluding carboxylic acids is 2. The number of nitrogens with zero attached hydrogens (tertiary/aromatic N) is 2. The van der Waals surface area contributed by atoms with Crippen LogP contribution in [0.1, 0.15) is 40.9 Å². The van der Waals surface area contributed by atoms with Crippen LogP contribution in [-0.4, -0.2) is 50.2 Å². The zero-order chi connectivity index (χ0) is 28.2.